The highest BCUT2D eigenvalue weighted by Gasteiger charge is 2.20. The van der Waals surface area contributed by atoms with Crippen molar-refractivity contribution in [2.24, 2.45) is 0 Å². The fraction of sp³-hybridized carbons (Fsp3) is 0.188. The van der Waals surface area contributed by atoms with Gasteiger partial charge in [-0.05, 0) is 31.5 Å². The SMILES string of the molecule is Cc1nc2sc(C(=O)Nc3ccc4c(c3)OCO4)c(C)c2c(=O)[nH]1. The highest BCUT2D eigenvalue weighted by atomic mass is 32.1. The maximum absolute atomic E-state index is 12.6. The van der Waals surface area contributed by atoms with E-state index < -0.39 is 0 Å². The number of carbonyl (C=O) groups is 1. The van der Waals surface area contributed by atoms with Crippen LogP contribution in [0.3, 0.4) is 0 Å². The Bertz CT molecular complexity index is 1040. The van der Waals surface area contributed by atoms with Gasteiger partial charge in [0.2, 0.25) is 6.79 Å². The average Bonchev–Trinajstić information content (AvgIpc) is 3.11. The summed E-state index contributed by atoms with van der Waals surface area (Å²) in [6.45, 7) is 3.64. The van der Waals surface area contributed by atoms with E-state index in [4.69, 9.17) is 9.47 Å². The van der Waals surface area contributed by atoms with Crippen molar-refractivity contribution in [3.05, 3.63) is 44.8 Å². The number of amides is 1. The Morgan fingerprint density at radius 1 is 1.29 bits per heavy atom. The number of nitrogens with one attached hydrogen (secondary N) is 2. The molecule has 7 nitrogen and oxygen atoms in total. The third-order valence-electron chi connectivity index (χ3n) is 3.76. The molecular weight excluding hydrogens is 330 g/mol. The second kappa shape index (κ2) is 5.34. The van der Waals surface area contributed by atoms with Crippen LogP contribution in [0.4, 0.5) is 5.69 Å². The largest absolute Gasteiger partial charge is 0.454 e. The number of rotatable bonds is 2. The maximum atomic E-state index is 12.6. The van der Waals surface area contributed by atoms with Crippen molar-refractivity contribution in [1.82, 2.24) is 9.97 Å². The lowest BCUT2D eigenvalue weighted by Crippen LogP contribution is -2.12. The number of ether oxygens (including phenoxy) is 2. The van der Waals surface area contributed by atoms with E-state index in [1.807, 2.05) is 0 Å². The zero-order chi connectivity index (χ0) is 16.8. The van der Waals surface area contributed by atoms with Crippen molar-refractivity contribution in [3.63, 3.8) is 0 Å². The van der Waals surface area contributed by atoms with E-state index in [0.29, 0.717) is 43.7 Å². The van der Waals surface area contributed by atoms with Crippen LogP contribution in [-0.2, 0) is 0 Å². The summed E-state index contributed by atoms with van der Waals surface area (Å²) in [5.74, 6) is 1.48. The molecule has 3 aromatic rings. The van der Waals surface area contributed by atoms with Crippen LogP contribution in [0.5, 0.6) is 11.5 Å². The molecule has 3 heterocycles. The Morgan fingerprint density at radius 2 is 2.08 bits per heavy atom. The van der Waals surface area contributed by atoms with Crippen molar-refractivity contribution in [2.45, 2.75) is 13.8 Å². The molecular formula is C16H13N3O4S. The number of nitrogens with zero attached hydrogens (tertiary/aromatic N) is 1. The molecule has 122 valence electrons. The first-order valence-corrected chi connectivity index (χ1v) is 8.05. The molecule has 2 N–H and O–H groups in total. The van der Waals surface area contributed by atoms with Crippen LogP contribution in [0.15, 0.2) is 23.0 Å². The molecule has 0 saturated carbocycles. The number of carbonyl (C=O) groups excluding carboxylic acids is 1. The summed E-state index contributed by atoms with van der Waals surface area (Å²) in [7, 11) is 0. The molecule has 1 aromatic carbocycles. The van der Waals surface area contributed by atoms with Crippen LogP contribution in [0.25, 0.3) is 10.2 Å². The Hall–Kier alpha value is -2.87. The lowest BCUT2D eigenvalue weighted by molar-refractivity contribution is 0.103. The van der Waals surface area contributed by atoms with E-state index >= 15 is 0 Å². The van der Waals surface area contributed by atoms with Gasteiger partial charge < -0.3 is 19.8 Å². The maximum Gasteiger partial charge on any atom is 0.266 e. The van der Waals surface area contributed by atoms with Crippen LogP contribution in [0.2, 0.25) is 0 Å². The number of benzene rings is 1. The zero-order valence-electron chi connectivity index (χ0n) is 12.9. The fourth-order valence-corrected chi connectivity index (χ4v) is 3.75. The van der Waals surface area contributed by atoms with Crippen molar-refractivity contribution < 1.29 is 14.3 Å². The summed E-state index contributed by atoms with van der Waals surface area (Å²) in [6.07, 6.45) is 0. The molecule has 8 heteroatoms. The fourth-order valence-electron chi connectivity index (χ4n) is 2.63. The number of thiophene rings is 1. The first kappa shape index (κ1) is 14.7. The van der Waals surface area contributed by atoms with Gasteiger partial charge in [-0.25, -0.2) is 4.98 Å². The lowest BCUT2D eigenvalue weighted by Gasteiger charge is -2.05. The molecule has 0 bridgehead atoms. The van der Waals surface area contributed by atoms with Crippen molar-refractivity contribution in [3.8, 4) is 11.5 Å². The molecule has 24 heavy (non-hydrogen) atoms. The van der Waals surface area contributed by atoms with E-state index in [2.05, 4.69) is 15.3 Å². The van der Waals surface area contributed by atoms with Crippen molar-refractivity contribution in [2.75, 3.05) is 12.1 Å². The highest BCUT2D eigenvalue weighted by molar-refractivity contribution is 7.20. The van der Waals surface area contributed by atoms with E-state index in [0.717, 1.165) is 0 Å². The summed E-state index contributed by atoms with van der Waals surface area (Å²) in [4.78, 5) is 32.7. The summed E-state index contributed by atoms with van der Waals surface area (Å²) in [6, 6.07) is 5.19. The average molecular weight is 343 g/mol. The molecule has 1 aliphatic heterocycles. The molecule has 0 unspecified atom stereocenters. The first-order chi connectivity index (χ1) is 11.5. The molecule has 4 rings (SSSR count). The minimum atomic E-state index is -0.286. The Kier molecular flexibility index (Phi) is 3.27. The molecule has 0 fully saturated rings. The number of hydrogen-bond acceptors (Lipinski definition) is 6. The molecule has 0 radical (unpaired) electrons. The second-order valence-electron chi connectivity index (χ2n) is 5.41. The minimum absolute atomic E-state index is 0.177. The van der Waals surface area contributed by atoms with Crippen LogP contribution >= 0.6 is 11.3 Å². The normalized spacial score (nSPS) is 12.6. The van der Waals surface area contributed by atoms with Crippen molar-refractivity contribution >= 4 is 33.1 Å². The number of aromatic amines is 1. The standard InChI is InChI=1S/C16H13N3O4S/c1-7-12-14(20)17-8(2)18-16(12)24-13(7)15(21)19-9-3-4-10-11(5-9)23-6-22-10/h3-5H,6H2,1-2H3,(H,19,21)(H,17,18,20). The molecule has 1 aliphatic rings. The summed E-state index contributed by atoms with van der Waals surface area (Å²) >= 11 is 1.21. The summed E-state index contributed by atoms with van der Waals surface area (Å²) in [5, 5.41) is 3.28. The predicted molar refractivity (Wildman–Crippen MR) is 90.2 cm³/mol. The third kappa shape index (κ3) is 2.31. The second-order valence-corrected chi connectivity index (χ2v) is 6.41. The molecule has 0 atom stereocenters. The van der Waals surface area contributed by atoms with Crippen LogP contribution in [0, 0.1) is 13.8 Å². The lowest BCUT2D eigenvalue weighted by atomic mass is 10.2. The number of aromatic nitrogens is 2. The molecule has 2 aromatic heterocycles. The number of fused-ring (bicyclic) bond motifs is 2. The van der Waals surface area contributed by atoms with Gasteiger partial charge in [0.1, 0.15) is 10.7 Å². The molecule has 0 spiro atoms. The van der Waals surface area contributed by atoms with Gasteiger partial charge in [-0.2, -0.15) is 0 Å². The van der Waals surface area contributed by atoms with E-state index in [1.54, 1.807) is 32.0 Å². The number of hydrogen-bond donors (Lipinski definition) is 2. The summed E-state index contributed by atoms with van der Waals surface area (Å²) in [5.41, 5.74) is 0.995. The van der Waals surface area contributed by atoms with Crippen LogP contribution in [-0.4, -0.2) is 22.7 Å². The predicted octanol–water partition coefficient (Wildman–Crippen LogP) is 2.58. The Balaban J connectivity index is 1.70. The van der Waals surface area contributed by atoms with E-state index in [9.17, 15) is 9.59 Å². The minimum Gasteiger partial charge on any atom is -0.454 e. The van der Waals surface area contributed by atoms with Gasteiger partial charge >= 0.3 is 0 Å². The summed E-state index contributed by atoms with van der Waals surface area (Å²) < 4.78 is 10.5. The Labute approximate surface area is 140 Å². The van der Waals surface area contributed by atoms with Gasteiger partial charge in [0.25, 0.3) is 11.5 Å². The zero-order valence-corrected chi connectivity index (χ0v) is 13.7. The third-order valence-corrected chi connectivity index (χ3v) is 4.94. The van der Waals surface area contributed by atoms with Gasteiger partial charge in [0, 0.05) is 11.8 Å². The van der Waals surface area contributed by atoms with Gasteiger partial charge in [-0.3, -0.25) is 9.59 Å². The van der Waals surface area contributed by atoms with E-state index in [-0.39, 0.29) is 18.3 Å². The monoisotopic (exact) mass is 343 g/mol. The van der Waals surface area contributed by atoms with E-state index in [1.165, 1.54) is 11.3 Å². The van der Waals surface area contributed by atoms with Crippen LogP contribution in [0.1, 0.15) is 21.1 Å². The molecule has 1 amide bonds. The van der Waals surface area contributed by atoms with Crippen LogP contribution < -0.4 is 20.3 Å². The van der Waals surface area contributed by atoms with Gasteiger partial charge in [-0.15, -0.1) is 11.3 Å². The Morgan fingerprint density at radius 3 is 2.92 bits per heavy atom. The smallest absolute Gasteiger partial charge is 0.266 e. The quantitative estimate of drug-likeness (QED) is 0.746. The first-order valence-electron chi connectivity index (χ1n) is 7.24. The number of H-pyrrole nitrogens is 1. The highest BCUT2D eigenvalue weighted by Crippen LogP contribution is 2.35. The van der Waals surface area contributed by atoms with Gasteiger partial charge in [-0.1, -0.05) is 0 Å². The van der Waals surface area contributed by atoms with Gasteiger partial charge in [0.15, 0.2) is 11.5 Å². The topological polar surface area (TPSA) is 93.3 Å². The van der Waals surface area contributed by atoms with Crippen molar-refractivity contribution in [1.29, 1.82) is 0 Å². The number of aryl methyl sites for hydroxylation is 2. The molecule has 0 aliphatic carbocycles. The van der Waals surface area contributed by atoms with Gasteiger partial charge in [0.05, 0.1) is 10.3 Å². The number of anilines is 1. The molecule has 0 saturated heterocycles.